The van der Waals surface area contributed by atoms with Crippen molar-refractivity contribution in [3.63, 3.8) is 0 Å². The van der Waals surface area contributed by atoms with Gasteiger partial charge in [-0.25, -0.2) is 9.97 Å². The first-order valence-electron chi connectivity index (χ1n) is 10.5. The number of imidazole rings is 1. The molecule has 5 heterocycles. The molecule has 0 bridgehead atoms. The third kappa shape index (κ3) is 2.58. The van der Waals surface area contributed by atoms with Gasteiger partial charge in [-0.15, -0.1) is 11.3 Å². The summed E-state index contributed by atoms with van der Waals surface area (Å²) in [6.07, 6.45) is 6.64. The van der Waals surface area contributed by atoms with E-state index in [1.807, 2.05) is 24.1 Å². The summed E-state index contributed by atoms with van der Waals surface area (Å²) >= 11 is 1.68. The Hall–Kier alpha value is -2.93. The van der Waals surface area contributed by atoms with Crippen molar-refractivity contribution in [1.82, 2.24) is 19.9 Å². The molecule has 2 saturated heterocycles. The van der Waals surface area contributed by atoms with Gasteiger partial charge in [-0.2, -0.15) is 0 Å². The Balaban J connectivity index is 1.44. The third-order valence-electron chi connectivity index (χ3n) is 6.91. The Labute approximate surface area is 178 Å². The number of hydrogen-bond acceptors (Lipinski definition) is 5. The van der Waals surface area contributed by atoms with Crippen LogP contribution in [0.2, 0.25) is 0 Å². The highest BCUT2D eigenvalue weighted by molar-refractivity contribution is 7.16. The largest absolute Gasteiger partial charge is 0.370 e. The topological polar surface area (TPSA) is 63.1 Å². The summed E-state index contributed by atoms with van der Waals surface area (Å²) in [5.74, 6) is 0.249. The number of thiophene rings is 1. The number of aryl methyl sites for hydroxylation is 1. The molecule has 0 atom stereocenters. The fourth-order valence-electron chi connectivity index (χ4n) is 5.12. The fraction of sp³-hybridized carbons (Fsp3) is 0.348. The molecule has 0 radical (unpaired) electrons. The van der Waals surface area contributed by atoms with E-state index in [2.05, 4.69) is 44.8 Å². The zero-order valence-electron chi connectivity index (χ0n) is 16.9. The van der Waals surface area contributed by atoms with Gasteiger partial charge in [0.2, 0.25) is 5.91 Å². The molecule has 2 fully saturated rings. The van der Waals surface area contributed by atoms with E-state index in [-0.39, 0.29) is 11.3 Å². The molecule has 152 valence electrons. The van der Waals surface area contributed by atoms with Crippen LogP contribution in [0, 0.1) is 5.41 Å². The molecule has 0 aliphatic carbocycles. The highest BCUT2D eigenvalue weighted by atomic mass is 32.1. The summed E-state index contributed by atoms with van der Waals surface area (Å²) < 4.78 is 2.04. The fourth-order valence-corrected chi connectivity index (χ4v) is 5.86. The molecule has 6 nitrogen and oxygen atoms in total. The van der Waals surface area contributed by atoms with Gasteiger partial charge in [0.1, 0.15) is 4.83 Å². The maximum atomic E-state index is 12.4. The summed E-state index contributed by atoms with van der Waals surface area (Å²) in [7, 11) is 2.02. The zero-order chi connectivity index (χ0) is 20.3. The summed E-state index contributed by atoms with van der Waals surface area (Å²) in [6.45, 7) is 2.60. The van der Waals surface area contributed by atoms with Gasteiger partial charge in [-0.3, -0.25) is 4.79 Å². The lowest BCUT2D eigenvalue weighted by molar-refractivity contribution is -0.128. The van der Waals surface area contributed by atoms with E-state index < -0.39 is 0 Å². The second kappa shape index (κ2) is 6.54. The van der Waals surface area contributed by atoms with Gasteiger partial charge < -0.3 is 14.8 Å². The van der Waals surface area contributed by atoms with Crippen LogP contribution < -0.4 is 10.2 Å². The van der Waals surface area contributed by atoms with Crippen LogP contribution in [0.1, 0.15) is 19.3 Å². The number of hydrogen-bond donors (Lipinski definition) is 1. The molecule has 6 rings (SSSR count). The second-order valence-electron chi connectivity index (χ2n) is 8.49. The van der Waals surface area contributed by atoms with Crippen LogP contribution in [0.15, 0.2) is 42.2 Å². The number of aromatic nitrogens is 3. The predicted octanol–water partition coefficient (Wildman–Crippen LogP) is 3.96. The minimum Gasteiger partial charge on any atom is -0.370 e. The van der Waals surface area contributed by atoms with E-state index >= 15 is 0 Å². The van der Waals surface area contributed by atoms with E-state index in [1.165, 1.54) is 11.1 Å². The van der Waals surface area contributed by atoms with Crippen LogP contribution in [0.5, 0.6) is 0 Å². The van der Waals surface area contributed by atoms with Crippen LogP contribution in [0.25, 0.3) is 32.4 Å². The molecular formula is C23H23N5OS. The molecular weight excluding hydrogens is 394 g/mol. The van der Waals surface area contributed by atoms with Gasteiger partial charge in [-0.05, 0) is 48.4 Å². The van der Waals surface area contributed by atoms with Gasteiger partial charge in [0.15, 0.2) is 0 Å². The van der Waals surface area contributed by atoms with Crippen molar-refractivity contribution in [2.75, 3.05) is 24.5 Å². The van der Waals surface area contributed by atoms with Crippen molar-refractivity contribution in [1.29, 1.82) is 0 Å². The van der Waals surface area contributed by atoms with Crippen molar-refractivity contribution in [3.05, 3.63) is 42.2 Å². The number of piperidine rings is 1. The number of nitrogens with zero attached hydrogens (tertiary/aromatic N) is 4. The van der Waals surface area contributed by atoms with E-state index in [9.17, 15) is 4.79 Å². The van der Waals surface area contributed by atoms with Crippen LogP contribution in [0.3, 0.4) is 0 Å². The third-order valence-corrected chi connectivity index (χ3v) is 7.73. The maximum absolute atomic E-state index is 12.4. The first-order chi connectivity index (χ1) is 14.6. The number of amides is 1. The Bertz CT molecular complexity index is 1280. The Kier molecular flexibility index (Phi) is 3.90. The maximum Gasteiger partial charge on any atom is 0.226 e. The molecule has 7 heteroatoms. The Morgan fingerprint density at radius 1 is 1.13 bits per heavy atom. The lowest BCUT2D eigenvalue weighted by Gasteiger charge is -2.39. The van der Waals surface area contributed by atoms with Crippen molar-refractivity contribution < 1.29 is 4.79 Å². The van der Waals surface area contributed by atoms with Crippen LogP contribution >= 0.6 is 11.3 Å². The summed E-state index contributed by atoms with van der Waals surface area (Å²) in [5.41, 5.74) is 5.47. The molecule has 2 aliphatic heterocycles. The highest BCUT2D eigenvalue weighted by Crippen LogP contribution is 2.44. The predicted molar refractivity (Wildman–Crippen MR) is 121 cm³/mol. The quantitative estimate of drug-likeness (QED) is 0.536. The SMILES string of the molecule is Cn1cnc2cc(-c3cnc4sccc4c3N3CCC4(CCNC4=O)CC3)ccc21. The number of pyridine rings is 1. The molecule has 1 aromatic carbocycles. The first-order valence-corrected chi connectivity index (χ1v) is 11.3. The van der Waals surface area contributed by atoms with Crippen LogP contribution in [-0.2, 0) is 11.8 Å². The number of rotatable bonds is 2. The lowest BCUT2D eigenvalue weighted by Crippen LogP contribution is -2.44. The van der Waals surface area contributed by atoms with Crippen molar-refractivity contribution in [2.24, 2.45) is 12.5 Å². The van der Waals surface area contributed by atoms with Gasteiger partial charge >= 0.3 is 0 Å². The average molecular weight is 418 g/mol. The van der Waals surface area contributed by atoms with E-state index in [0.29, 0.717) is 0 Å². The number of carbonyl (C=O) groups excluding carboxylic acids is 1. The molecule has 0 unspecified atom stereocenters. The van der Waals surface area contributed by atoms with E-state index in [1.54, 1.807) is 11.3 Å². The summed E-state index contributed by atoms with van der Waals surface area (Å²) in [6, 6.07) is 8.63. The minimum absolute atomic E-state index is 0.162. The van der Waals surface area contributed by atoms with E-state index in [4.69, 9.17) is 4.98 Å². The van der Waals surface area contributed by atoms with Gasteiger partial charge in [0.25, 0.3) is 0 Å². The smallest absolute Gasteiger partial charge is 0.226 e. The highest BCUT2D eigenvalue weighted by Gasteiger charge is 2.44. The molecule has 1 N–H and O–H groups in total. The van der Waals surface area contributed by atoms with Crippen molar-refractivity contribution in [2.45, 2.75) is 19.3 Å². The zero-order valence-corrected chi connectivity index (χ0v) is 17.7. The van der Waals surface area contributed by atoms with Crippen molar-refractivity contribution in [3.8, 4) is 11.1 Å². The average Bonchev–Trinajstić information content (AvgIpc) is 3.48. The van der Waals surface area contributed by atoms with Gasteiger partial charge in [0, 0.05) is 43.8 Å². The van der Waals surface area contributed by atoms with Crippen LogP contribution in [-0.4, -0.2) is 40.1 Å². The van der Waals surface area contributed by atoms with Crippen LogP contribution in [0.4, 0.5) is 5.69 Å². The Morgan fingerprint density at radius 2 is 2.00 bits per heavy atom. The van der Waals surface area contributed by atoms with Gasteiger partial charge in [-0.1, -0.05) is 6.07 Å². The molecule has 4 aromatic rings. The number of benzene rings is 1. The van der Waals surface area contributed by atoms with Crippen molar-refractivity contribution >= 4 is 44.2 Å². The monoisotopic (exact) mass is 417 g/mol. The molecule has 1 spiro atoms. The molecule has 0 saturated carbocycles. The minimum atomic E-state index is -0.162. The van der Waals surface area contributed by atoms with Gasteiger partial charge in [0.05, 0.1) is 28.5 Å². The summed E-state index contributed by atoms with van der Waals surface area (Å²) in [4.78, 5) is 25.2. The summed E-state index contributed by atoms with van der Waals surface area (Å²) in [5, 5.41) is 6.35. The number of carbonyl (C=O) groups is 1. The Morgan fingerprint density at radius 3 is 2.80 bits per heavy atom. The normalized spacial score (nSPS) is 18.6. The first kappa shape index (κ1) is 17.9. The number of fused-ring (bicyclic) bond motifs is 2. The van der Waals surface area contributed by atoms with E-state index in [0.717, 1.165) is 65.9 Å². The molecule has 3 aromatic heterocycles. The standard InChI is InChI=1S/C23H23N5OS/c1-27-14-26-18-12-15(2-3-19(18)27)17-13-25-21-16(4-11-30-21)20(17)28-9-6-23(7-10-28)5-8-24-22(23)29/h2-4,11-14H,5-10H2,1H3,(H,24,29). The molecule has 30 heavy (non-hydrogen) atoms. The number of anilines is 1. The number of nitrogens with one attached hydrogen (secondary N) is 1. The molecule has 2 aliphatic rings. The lowest BCUT2D eigenvalue weighted by atomic mass is 9.77. The second-order valence-corrected chi connectivity index (χ2v) is 9.39. The molecule has 1 amide bonds.